The van der Waals surface area contributed by atoms with Gasteiger partial charge in [-0.25, -0.2) is 9.97 Å². The normalized spacial score (nSPS) is 16.5. The predicted octanol–water partition coefficient (Wildman–Crippen LogP) is 1.44. The summed E-state index contributed by atoms with van der Waals surface area (Å²) in [5.41, 5.74) is 0.841. The standard InChI is InChI=1S/C14H19N5O2/c1-18-13-11(8-17-18)14(16-9-15-13)19-6-4-10(5-7-19)2-3-12(20)21/h8-10H,2-7H2,1H3,(H,20,21). The van der Waals surface area contributed by atoms with Crippen molar-refractivity contribution in [2.75, 3.05) is 18.0 Å². The molecule has 0 bridgehead atoms. The number of piperidine rings is 1. The molecule has 0 unspecified atom stereocenters. The monoisotopic (exact) mass is 289 g/mol. The molecule has 3 heterocycles. The average molecular weight is 289 g/mol. The number of aryl methyl sites for hydroxylation is 1. The van der Waals surface area contributed by atoms with Crippen LogP contribution in [-0.4, -0.2) is 43.9 Å². The van der Waals surface area contributed by atoms with Gasteiger partial charge in [-0.2, -0.15) is 5.10 Å². The molecule has 1 saturated heterocycles. The number of carboxylic acid groups (broad SMARTS) is 1. The summed E-state index contributed by atoms with van der Waals surface area (Å²) in [4.78, 5) is 21.6. The van der Waals surface area contributed by atoms with Crippen molar-refractivity contribution in [3.8, 4) is 0 Å². The van der Waals surface area contributed by atoms with Gasteiger partial charge in [0.2, 0.25) is 0 Å². The summed E-state index contributed by atoms with van der Waals surface area (Å²) in [6.45, 7) is 1.82. The van der Waals surface area contributed by atoms with Gasteiger partial charge in [-0.15, -0.1) is 0 Å². The van der Waals surface area contributed by atoms with Crippen molar-refractivity contribution in [3.63, 3.8) is 0 Å². The second-order valence-electron chi connectivity index (χ2n) is 5.57. The second kappa shape index (κ2) is 5.67. The van der Waals surface area contributed by atoms with Gasteiger partial charge in [-0.1, -0.05) is 0 Å². The van der Waals surface area contributed by atoms with Crippen LogP contribution in [0.4, 0.5) is 5.82 Å². The Balaban J connectivity index is 1.70. The Morgan fingerprint density at radius 3 is 2.86 bits per heavy atom. The molecule has 0 spiro atoms. The first kappa shape index (κ1) is 13.8. The lowest BCUT2D eigenvalue weighted by Crippen LogP contribution is -2.34. The summed E-state index contributed by atoms with van der Waals surface area (Å²) in [6, 6.07) is 0. The van der Waals surface area contributed by atoms with Gasteiger partial charge < -0.3 is 10.0 Å². The number of anilines is 1. The Kier molecular flexibility index (Phi) is 3.72. The molecular formula is C14H19N5O2. The topological polar surface area (TPSA) is 84.1 Å². The minimum atomic E-state index is -0.703. The van der Waals surface area contributed by atoms with E-state index in [0.29, 0.717) is 5.92 Å². The zero-order valence-electron chi connectivity index (χ0n) is 12.1. The molecule has 0 atom stereocenters. The van der Waals surface area contributed by atoms with Gasteiger partial charge in [0.05, 0.1) is 11.6 Å². The Bertz CT molecular complexity index is 646. The number of aromatic nitrogens is 4. The van der Waals surface area contributed by atoms with Crippen molar-refractivity contribution < 1.29 is 9.90 Å². The lowest BCUT2D eigenvalue weighted by atomic mass is 9.92. The van der Waals surface area contributed by atoms with Crippen LogP contribution >= 0.6 is 0 Å². The molecule has 0 aromatic carbocycles. The fourth-order valence-electron chi connectivity index (χ4n) is 2.96. The first-order valence-electron chi connectivity index (χ1n) is 7.24. The maximum Gasteiger partial charge on any atom is 0.303 e. The summed E-state index contributed by atoms with van der Waals surface area (Å²) in [5.74, 6) is 0.735. The van der Waals surface area contributed by atoms with Crippen molar-refractivity contribution in [2.24, 2.45) is 13.0 Å². The van der Waals surface area contributed by atoms with E-state index < -0.39 is 5.97 Å². The van der Waals surface area contributed by atoms with Crippen LogP contribution in [0.1, 0.15) is 25.7 Å². The van der Waals surface area contributed by atoms with Crippen LogP contribution in [0.15, 0.2) is 12.5 Å². The number of carboxylic acids is 1. The van der Waals surface area contributed by atoms with Crippen LogP contribution < -0.4 is 4.90 Å². The summed E-state index contributed by atoms with van der Waals surface area (Å²) in [6.07, 6.45) is 6.45. The predicted molar refractivity (Wildman–Crippen MR) is 78.1 cm³/mol. The lowest BCUT2D eigenvalue weighted by Gasteiger charge is -2.32. The third kappa shape index (κ3) is 2.81. The molecule has 1 fully saturated rings. The van der Waals surface area contributed by atoms with Gasteiger partial charge in [-0.3, -0.25) is 9.48 Å². The van der Waals surface area contributed by atoms with Gasteiger partial charge in [0.25, 0.3) is 0 Å². The first-order valence-corrected chi connectivity index (χ1v) is 7.24. The highest BCUT2D eigenvalue weighted by Gasteiger charge is 2.22. The molecule has 1 aliphatic heterocycles. The van der Waals surface area contributed by atoms with Gasteiger partial charge in [0.15, 0.2) is 5.65 Å². The van der Waals surface area contributed by atoms with Crippen molar-refractivity contribution >= 4 is 22.8 Å². The van der Waals surface area contributed by atoms with Crippen LogP contribution in [0.25, 0.3) is 11.0 Å². The molecule has 1 aliphatic rings. The van der Waals surface area contributed by atoms with Gasteiger partial charge in [0, 0.05) is 26.6 Å². The fraction of sp³-hybridized carbons (Fsp3) is 0.571. The summed E-state index contributed by atoms with van der Waals surface area (Å²) < 4.78 is 1.75. The molecule has 7 nitrogen and oxygen atoms in total. The highest BCUT2D eigenvalue weighted by atomic mass is 16.4. The smallest absolute Gasteiger partial charge is 0.303 e. The second-order valence-corrected chi connectivity index (χ2v) is 5.57. The molecule has 112 valence electrons. The van der Waals surface area contributed by atoms with Crippen LogP contribution in [0.3, 0.4) is 0 Å². The van der Waals surface area contributed by atoms with Crippen molar-refractivity contribution in [3.05, 3.63) is 12.5 Å². The number of fused-ring (bicyclic) bond motifs is 1. The van der Waals surface area contributed by atoms with Crippen LogP contribution in [0, 0.1) is 5.92 Å². The van der Waals surface area contributed by atoms with Crippen LogP contribution in [0.2, 0.25) is 0 Å². The Labute approximate surface area is 122 Å². The summed E-state index contributed by atoms with van der Waals surface area (Å²) in [5, 5.41) is 14.0. The number of carbonyl (C=O) groups is 1. The zero-order valence-corrected chi connectivity index (χ0v) is 12.1. The molecule has 2 aromatic rings. The fourth-order valence-corrected chi connectivity index (χ4v) is 2.96. The molecule has 0 amide bonds. The van der Waals surface area contributed by atoms with E-state index in [1.54, 1.807) is 17.2 Å². The molecule has 21 heavy (non-hydrogen) atoms. The number of hydrogen-bond acceptors (Lipinski definition) is 5. The molecule has 7 heteroatoms. The highest BCUT2D eigenvalue weighted by molar-refractivity contribution is 5.86. The highest BCUT2D eigenvalue weighted by Crippen LogP contribution is 2.28. The Morgan fingerprint density at radius 2 is 2.14 bits per heavy atom. The average Bonchev–Trinajstić information content (AvgIpc) is 2.87. The van der Waals surface area contributed by atoms with E-state index in [1.807, 2.05) is 7.05 Å². The Hall–Kier alpha value is -2.18. The summed E-state index contributed by atoms with van der Waals surface area (Å²) in [7, 11) is 1.87. The van der Waals surface area contributed by atoms with E-state index in [4.69, 9.17) is 5.11 Å². The van der Waals surface area contributed by atoms with E-state index in [1.165, 1.54) is 0 Å². The minimum absolute atomic E-state index is 0.269. The lowest BCUT2D eigenvalue weighted by molar-refractivity contribution is -0.137. The van der Waals surface area contributed by atoms with E-state index in [-0.39, 0.29) is 6.42 Å². The van der Waals surface area contributed by atoms with Gasteiger partial charge >= 0.3 is 5.97 Å². The Morgan fingerprint density at radius 1 is 1.38 bits per heavy atom. The molecular weight excluding hydrogens is 270 g/mol. The number of aliphatic carboxylic acids is 1. The van der Waals surface area contributed by atoms with Crippen molar-refractivity contribution in [1.82, 2.24) is 19.7 Å². The molecule has 0 aliphatic carbocycles. The van der Waals surface area contributed by atoms with E-state index in [9.17, 15) is 4.79 Å². The number of hydrogen-bond donors (Lipinski definition) is 1. The third-order valence-corrected chi connectivity index (χ3v) is 4.19. The van der Waals surface area contributed by atoms with Crippen molar-refractivity contribution in [1.29, 1.82) is 0 Å². The summed E-state index contributed by atoms with van der Waals surface area (Å²) >= 11 is 0. The van der Waals surface area contributed by atoms with Crippen LogP contribution in [-0.2, 0) is 11.8 Å². The SMILES string of the molecule is Cn1ncc2c(N3CCC(CCC(=O)O)CC3)ncnc21. The quantitative estimate of drug-likeness (QED) is 0.917. The van der Waals surface area contributed by atoms with Crippen LogP contribution in [0.5, 0.6) is 0 Å². The van der Waals surface area contributed by atoms with Gasteiger partial charge in [-0.05, 0) is 25.2 Å². The number of rotatable bonds is 4. The molecule has 2 aromatic heterocycles. The first-order chi connectivity index (χ1) is 10.1. The van der Waals surface area contributed by atoms with Gasteiger partial charge in [0.1, 0.15) is 12.1 Å². The third-order valence-electron chi connectivity index (χ3n) is 4.19. The van der Waals surface area contributed by atoms with E-state index in [0.717, 1.165) is 49.2 Å². The van der Waals surface area contributed by atoms with Crippen molar-refractivity contribution in [2.45, 2.75) is 25.7 Å². The molecule has 0 saturated carbocycles. The minimum Gasteiger partial charge on any atom is -0.481 e. The van der Waals surface area contributed by atoms with E-state index >= 15 is 0 Å². The number of nitrogens with zero attached hydrogens (tertiary/aromatic N) is 5. The maximum atomic E-state index is 10.6. The van der Waals surface area contributed by atoms with E-state index in [2.05, 4.69) is 20.0 Å². The molecule has 1 N–H and O–H groups in total. The zero-order chi connectivity index (χ0) is 14.8. The largest absolute Gasteiger partial charge is 0.481 e. The molecule has 0 radical (unpaired) electrons. The maximum absolute atomic E-state index is 10.6. The molecule has 3 rings (SSSR count).